The molecule has 0 aromatic heterocycles. The maximum absolute atomic E-state index is 12.7. The molecule has 0 saturated heterocycles. The zero-order chi connectivity index (χ0) is 24.4. The lowest BCUT2D eigenvalue weighted by atomic mass is 10.0. The molecule has 0 unspecified atom stereocenters. The van der Waals surface area contributed by atoms with Crippen molar-refractivity contribution < 1.29 is 33.9 Å². The van der Waals surface area contributed by atoms with Crippen LogP contribution in [0.3, 0.4) is 0 Å². The average molecular weight is 459 g/mol. The number of carbonyl (C=O) groups is 3. The Morgan fingerprint density at radius 3 is 2.21 bits per heavy atom. The maximum Gasteiger partial charge on any atom is 0.408 e. The van der Waals surface area contributed by atoms with E-state index in [0.29, 0.717) is 5.56 Å². The van der Waals surface area contributed by atoms with Crippen molar-refractivity contribution in [3.05, 3.63) is 75.8 Å². The van der Waals surface area contributed by atoms with Gasteiger partial charge in [-0.1, -0.05) is 42.5 Å². The summed E-state index contributed by atoms with van der Waals surface area (Å²) < 4.78 is 9.79. The summed E-state index contributed by atoms with van der Waals surface area (Å²) in [6.45, 7) is 1.26. The fraction of sp³-hybridized carbons (Fsp3) is 0.318. The van der Waals surface area contributed by atoms with Gasteiger partial charge in [-0.25, -0.2) is 9.59 Å². The number of non-ortho nitro benzene ring substituents is 1. The molecule has 2 amide bonds. The predicted molar refractivity (Wildman–Crippen MR) is 116 cm³/mol. The van der Waals surface area contributed by atoms with Crippen molar-refractivity contribution in [3.8, 4) is 0 Å². The van der Waals surface area contributed by atoms with E-state index >= 15 is 0 Å². The van der Waals surface area contributed by atoms with Crippen LogP contribution in [0.1, 0.15) is 18.1 Å². The van der Waals surface area contributed by atoms with E-state index in [1.807, 2.05) is 6.07 Å². The van der Waals surface area contributed by atoms with Gasteiger partial charge in [-0.3, -0.25) is 14.9 Å². The molecule has 11 nitrogen and oxygen atoms in total. The van der Waals surface area contributed by atoms with Crippen LogP contribution in [0, 0.1) is 10.1 Å². The summed E-state index contributed by atoms with van der Waals surface area (Å²) in [6.07, 6.45) is -2.25. The van der Waals surface area contributed by atoms with Gasteiger partial charge in [0.15, 0.2) is 0 Å². The number of methoxy groups -OCH3 is 1. The molecule has 0 aliphatic heterocycles. The summed E-state index contributed by atoms with van der Waals surface area (Å²) in [7, 11) is 1.14. The van der Waals surface area contributed by atoms with Crippen molar-refractivity contribution >= 4 is 23.7 Å². The Morgan fingerprint density at radius 2 is 1.67 bits per heavy atom. The fourth-order valence-corrected chi connectivity index (χ4v) is 2.88. The first kappa shape index (κ1) is 25.3. The van der Waals surface area contributed by atoms with Crippen LogP contribution in [0.5, 0.6) is 0 Å². The zero-order valence-corrected chi connectivity index (χ0v) is 18.1. The molecule has 2 aromatic rings. The number of ether oxygens (including phenoxy) is 2. The van der Waals surface area contributed by atoms with Gasteiger partial charge in [-0.15, -0.1) is 0 Å². The minimum atomic E-state index is -1.41. The van der Waals surface area contributed by atoms with Crippen molar-refractivity contribution in [1.29, 1.82) is 0 Å². The second-order valence-corrected chi connectivity index (χ2v) is 7.14. The van der Waals surface area contributed by atoms with E-state index in [2.05, 4.69) is 10.6 Å². The Morgan fingerprint density at radius 1 is 1.03 bits per heavy atom. The molecule has 176 valence electrons. The molecular formula is C22H25N3O8. The summed E-state index contributed by atoms with van der Waals surface area (Å²) in [5, 5.41) is 25.5. The molecule has 11 heteroatoms. The summed E-state index contributed by atoms with van der Waals surface area (Å²) in [5.41, 5.74) is 1.14. The highest BCUT2D eigenvalue weighted by atomic mass is 16.6. The number of aliphatic hydroxyl groups is 1. The number of carbonyl (C=O) groups excluding carboxylic acids is 3. The van der Waals surface area contributed by atoms with Gasteiger partial charge in [0.05, 0.1) is 18.1 Å². The van der Waals surface area contributed by atoms with E-state index in [0.717, 1.165) is 12.7 Å². The van der Waals surface area contributed by atoms with Crippen molar-refractivity contribution in [2.75, 3.05) is 7.11 Å². The summed E-state index contributed by atoms with van der Waals surface area (Å²) in [5.74, 6) is -1.60. The molecule has 33 heavy (non-hydrogen) atoms. The minimum Gasteiger partial charge on any atom is -0.467 e. The van der Waals surface area contributed by atoms with Gasteiger partial charge in [0.1, 0.15) is 18.7 Å². The van der Waals surface area contributed by atoms with Crippen LogP contribution in [-0.2, 0) is 32.1 Å². The van der Waals surface area contributed by atoms with Crippen molar-refractivity contribution in [3.63, 3.8) is 0 Å². The zero-order valence-electron chi connectivity index (χ0n) is 18.1. The lowest BCUT2D eigenvalue weighted by Gasteiger charge is -2.23. The Labute approximate surface area is 189 Å². The molecule has 2 aromatic carbocycles. The molecule has 0 aliphatic rings. The van der Waals surface area contributed by atoms with Gasteiger partial charge in [0.2, 0.25) is 5.91 Å². The second kappa shape index (κ2) is 12.2. The van der Waals surface area contributed by atoms with Gasteiger partial charge in [-0.05, 0) is 18.1 Å². The van der Waals surface area contributed by atoms with Gasteiger partial charge >= 0.3 is 12.1 Å². The minimum absolute atomic E-state index is 0.0264. The Balaban J connectivity index is 2.03. The predicted octanol–water partition coefficient (Wildman–Crippen LogP) is 1.47. The first-order chi connectivity index (χ1) is 15.7. The molecule has 0 heterocycles. The van der Waals surface area contributed by atoms with Gasteiger partial charge < -0.3 is 25.2 Å². The smallest absolute Gasteiger partial charge is 0.408 e. The van der Waals surface area contributed by atoms with Gasteiger partial charge in [-0.2, -0.15) is 0 Å². The van der Waals surface area contributed by atoms with Crippen molar-refractivity contribution in [2.45, 2.75) is 38.1 Å². The van der Waals surface area contributed by atoms with E-state index in [-0.39, 0.29) is 18.7 Å². The molecule has 0 radical (unpaired) electrons. The van der Waals surface area contributed by atoms with E-state index in [1.165, 1.54) is 31.2 Å². The van der Waals surface area contributed by atoms with E-state index in [1.54, 1.807) is 24.3 Å². The summed E-state index contributed by atoms with van der Waals surface area (Å²) in [6, 6.07) is 11.8. The average Bonchev–Trinajstić information content (AvgIpc) is 2.80. The molecule has 3 atom stereocenters. The molecule has 0 fully saturated rings. The lowest BCUT2D eigenvalue weighted by molar-refractivity contribution is -0.384. The first-order valence-corrected chi connectivity index (χ1v) is 9.98. The third-order valence-electron chi connectivity index (χ3n) is 4.64. The largest absolute Gasteiger partial charge is 0.467 e. The van der Waals surface area contributed by atoms with Crippen LogP contribution in [0.25, 0.3) is 0 Å². The number of benzene rings is 2. The summed E-state index contributed by atoms with van der Waals surface area (Å²) >= 11 is 0. The third kappa shape index (κ3) is 7.89. The van der Waals surface area contributed by atoms with Crippen molar-refractivity contribution in [1.82, 2.24) is 10.6 Å². The topological polar surface area (TPSA) is 157 Å². The Hall–Kier alpha value is -3.99. The van der Waals surface area contributed by atoms with E-state index in [4.69, 9.17) is 9.47 Å². The monoisotopic (exact) mass is 459 g/mol. The maximum atomic E-state index is 12.7. The third-order valence-corrected chi connectivity index (χ3v) is 4.64. The quantitative estimate of drug-likeness (QED) is 0.274. The van der Waals surface area contributed by atoms with Crippen LogP contribution < -0.4 is 10.6 Å². The molecule has 3 N–H and O–H groups in total. The molecule has 0 aliphatic carbocycles. The highest BCUT2D eigenvalue weighted by Gasteiger charge is 2.31. The molecule has 0 saturated carbocycles. The van der Waals surface area contributed by atoms with Crippen LogP contribution in [-0.4, -0.2) is 53.3 Å². The van der Waals surface area contributed by atoms with Crippen LogP contribution >= 0.6 is 0 Å². The number of nitro benzene ring substituents is 1. The fourth-order valence-electron chi connectivity index (χ4n) is 2.88. The number of hydrogen-bond donors (Lipinski definition) is 3. The highest BCUT2D eigenvalue weighted by molar-refractivity contribution is 5.90. The molecule has 0 spiro atoms. The number of hydrogen-bond acceptors (Lipinski definition) is 8. The normalized spacial score (nSPS) is 13.2. The number of nitrogens with zero attached hydrogens (tertiary/aromatic N) is 1. The van der Waals surface area contributed by atoms with Crippen LogP contribution in [0.4, 0.5) is 10.5 Å². The number of nitro groups is 1. The van der Waals surface area contributed by atoms with E-state index < -0.39 is 41.1 Å². The lowest BCUT2D eigenvalue weighted by Crippen LogP contribution is -2.56. The van der Waals surface area contributed by atoms with E-state index in [9.17, 15) is 29.6 Å². The summed E-state index contributed by atoms with van der Waals surface area (Å²) in [4.78, 5) is 47.3. The number of alkyl carbamates (subject to hydrolysis) is 1. The number of aliphatic hydroxyl groups excluding tert-OH is 1. The van der Waals surface area contributed by atoms with Crippen molar-refractivity contribution in [2.24, 2.45) is 0 Å². The van der Waals surface area contributed by atoms with Gasteiger partial charge in [0, 0.05) is 18.6 Å². The second-order valence-electron chi connectivity index (χ2n) is 7.14. The molecular weight excluding hydrogens is 434 g/mol. The number of amides is 2. The first-order valence-electron chi connectivity index (χ1n) is 9.98. The SMILES string of the molecule is COC(=O)[C@@H](Cc1ccc([N+](=O)[O-])cc1)NC(=O)[C@@H](NC(=O)OCc1ccccc1)[C@@H](C)O. The Kier molecular flexibility index (Phi) is 9.30. The molecule has 0 bridgehead atoms. The highest BCUT2D eigenvalue weighted by Crippen LogP contribution is 2.14. The standard InChI is InChI=1S/C22H25N3O8/c1-14(26)19(24-22(29)33-13-16-6-4-3-5-7-16)20(27)23-18(21(28)32-2)12-15-8-10-17(11-9-15)25(30)31/h3-11,14,18-19,26H,12-13H2,1-2H3,(H,23,27)(H,24,29)/t14-,18-,19+/m1/s1. The van der Waals surface area contributed by atoms with Crippen LogP contribution in [0.2, 0.25) is 0 Å². The number of esters is 1. The number of nitrogens with one attached hydrogen (secondary N) is 2. The van der Waals surface area contributed by atoms with Crippen LogP contribution in [0.15, 0.2) is 54.6 Å². The van der Waals surface area contributed by atoms with Gasteiger partial charge in [0.25, 0.3) is 5.69 Å². The molecule has 2 rings (SSSR count). The number of rotatable bonds is 10. The Bertz CT molecular complexity index is 963.